The van der Waals surface area contributed by atoms with Crippen LogP contribution in [0.25, 0.3) is 10.9 Å². The topological polar surface area (TPSA) is 138 Å². The number of aromatic nitrogens is 2. The number of H-pyrrole nitrogens is 2. The smallest absolute Gasteiger partial charge is 0.324 e. The molecule has 0 aliphatic heterocycles. The third kappa shape index (κ3) is 3.42. The van der Waals surface area contributed by atoms with Crippen LogP contribution in [0.15, 0.2) is 32.7 Å². The van der Waals surface area contributed by atoms with E-state index in [0.29, 0.717) is 0 Å². The van der Waals surface area contributed by atoms with Gasteiger partial charge in [-0.05, 0) is 31.0 Å². The van der Waals surface area contributed by atoms with Crippen molar-refractivity contribution in [3.05, 3.63) is 39.0 Å². The fourth-order valence-electron chi connectivity index (χ4n) is 3.07. The first-order valence-electron chi connectivity index (χ1n) is 7.84. The second-order valence-corrected chi connectivity index (χ2v) is 8.13. The lowest BCUT2D eigenvalue weighted by Gasteiger charge is -2.33. The van der Waals surface area contributed by atoms with Gasteiger partial charge in [0.05, 0.1) is 15.8 Å². The molecule has 1 heterocycles. The Kier molecular flexibility index (Phi) is 4.33. The number of hydrogen-bond donors (Lipinski definition) is 4. The fourth-order valence-corrected chi connectivity index (χ4v) is 4.23. The SMILES string of the molecule is NC1(CNS(=O)(=O)c2ccc3[nH]c(=O)[nH]c(=O)c3c2)CCCCC1. The molecule has 24 heavy (non-hydrogen) atoms. The quantitative estimate of drug-likeness (QED) is 0.621. The number of benzene rings is 1. The lowest BCUT2D eigenvalue weighted by molar-refractivity contribution is 0.296. The first-order valence-corrected chi connectivity index (χ1v) is 9.32. The summed E-state index contributed by atoms with van der Waals surface area (Å²) in [6, 6.07) is 4.00. The van der Waals surface area contributed by atoms with Gasteiger partial charge in [0, 0.05) is 12.1 Å². The molecule has 0 radical (unpaired) electrons. The molecule has 9 heteroatoms. The van der Waals surface area contributed by atoms with Gasteiger partial charge in [0.2, 0.25) is 10.0 Å². The summed E-state index contributed by atoms with van der Waals surface area (Å²) in [6.07, 6.45) is 4.69. The van der Waals surface area contributed by atoms with Crippen molar-refractivity contribution in [3.8, 4) is 0 Å². The molecule has 0 bridgehead atoms. The van der Waals surface area contributed by atoms with Gasteiger partial charge in [0.1, 0.15) is 0 Å². The molecule has 0 spiro atoms. The minimum absolute atomic E-state index is 0.0352. The van der Waals surface area contributed by atoms with Crippen LogP contribution in [0.3, 0.4) is 0 Å². The van der Waals surface area contributed by atoms with Crippen molar-refractivity contribution >= 4 is 20.9 Å². The zero-order valence-electron chi connectivity index (χ0n) is 13.1. The molecule has 1 saturated carbocycles. The summed E-state index contributed by atoms with van der Waals surface area (Å²) in [5.41, 5.74) is 4.75. The second-order valence-electron chi connectivity index (χ2n) is 6.36. The van der Waals surface area contributed by atoms with E-state index >= 15 is 0 Å². The second kappa shape index (κ2) is 6.15. The van der Waals surface area contributed by atoms with Crippen LogP contribution in [-0.4, -0.2) is 30.5 Å². The van der Waals surface area contributed by atoms with E-state index in [1.54, 1.807) is 0 Å². The maximum absolute atomic E-state index is 12.5. The fraction of sp³-hybridized carbons (Fsp3) is 0.467. The Morgan fingerprint density at radius 3 is 2.54 bits per heavy atom. The predicted molar refractivity (Wildman–Crippen MR) is 90.4 cm³/mol. The van der Waals surface area contributed by atoms with Gasteiger partial charge >= 0.3 is 5.69 Å². The zero-order chi connectivity index (χ0) is 17.4. The van der Waals surface area contributed by atoms with Crippen molar-refractivity contribution in [2.75, 3.05) is 6.54 Å². The molecule has 0 amide bonds. The van der Waals surface area contributed by atoms with Crippen LogP contribution < -0.4 is 21.7 Å². The number of nitrogens with one attached hydrogen (secondary N) is 3. The Hall–Kier alpha value is -1.97. The number of aromatic amines is 2. The summed E-state index contributed by atoms with van der Waals surface area (Å²) in [5.74, 6) is 0. The molecule has 130 valence electrons. The highest BCUT2D eigenvalue weighted by atomic mass is 32.2. The number of fused-ring (bicyclic) bond motifs is 1. The van der Waals surface area contributed by atoms with E-state index in [1.165, 1.54) is 18.2 Å². The Labute approximate surface area is 138 Å². The van der Waals surface area contributed by atoms with Gasteiger partial charge < -0.3 is 10.7 Å². The minimum atomic E-state index is -3.79. The zero-order valence-corrected chi connectivity index (χ0v) is 13.9. The molecule has 1 aromatic carbocycles. The molecule has 2 aromatic rings. The van der Waals surface area contributed by atoms with Gasteiger partial charge in [0.25, 0.3) is 5.56 Å². The van der Waals surface area contributed by atoms with Crippen LogP contribution in [0.5, 0.6) is 0 Å². The van der Waals surface area contributed by atoms with Crippen LogP contribution in [-0.2, 0) is 10.0 Å². The number of nitrogens with two attached hydrogens (primary N) is 1. The first kappa shape index (κ1) is 16.9. The standard InChI is InChI=1S/C15H20N4O4S/c16-15(6-2-1-3-7-15)9-17-24(22,23)10-4-5-12-11(8-10)13(20)19-14(21)18-12/h4-5,8,17H,1-3,6-7,9,16H2,(H2,18,19,20,21). The van der Waals surface area contributed by atoms with Crippen LogP contribution in [0.1, 0.15) is 32.1 Å². The Morgan fingerprint density at radius 2 is 1.83 bits per heavy atom. The molecule has 3 rings (SSSR count). The number of hydrogen-bond acceptors (Lipinski definition) is 5. The molecule has 1 aliphatic rings. The average molecular weight is 352 g/mol. The third-order valence-electron chi connectivity index (χ3n) is 4.48. The van der Waals surface area contributed by atoms with E-state index in [1.807, 2.05) is 0 Å². The highest BCUT2D eigenvalue weighted by molar-refractivity contribution is 7.89. The van der Waals surface area contributed by atoms with Crippen LogP contribution in [0, 0.1) is 0 Å². The van der Waals surface area contributed by atoms with Crippen molar-refractivity contribution in [1.82, 2.24) is 14.7 Å². The van der Waals surface area contributed by atoms with E-state index in [-0.39, 0.29) is 22.3 Å². The van der Waals surface area contributed by atoms with E-state index in [2.05, 4.69) is 14.7 Å². The summed E-state index contributed by atoms with van der Waals surface area (Å²) in [6.45, 7) is 0.162. The summed E-state index contributed by atoms with van der Waals surface area (Å²) in [5, 5.41) is 0.109. The van der Waals surface area contributed by atoms with Gasteiger partial charge in [-0.2, -0.15) is 0 Å². The van der Waals surface area contributed by atoms with E-state index < -0.39 is 26.8 Å². The van der Waals surface area contributed by atoms with Crippen molar-refractivity contribution < 1.29 is 8.42 Å². The van der Waals surface area contributed by atoms with Gasteiger partial charge in [0.15, 0.2) is 0 Å². The highest BCUT2D eigenvalue weighted by Crippen LogP contribution is 2.25. The first-order chi connectivity index (χ1) is 11.3. The molecule has 8 nitrogen and oxygen atoms in total. The van der Waals surface area contributed by atoms with Gasteiger partial charge in [-0.25, -0.2) is 17.9 Å². The van der Waals surface area contributed by atoms with Crippen LogP contribution in [0.2, 0.25) is 0 Å². The normalized spacial score (nSPS) is 17.9. The molecular formula is C15H20N4O4S. The Bertz CT molecular complexity index is 971. The molecular weight excluding hydrogens is 332 g/mol. The predicted octanol–water partition coefficient (Wildman–Crippen LogP) is 0.156. The Balaban J connectivity index is 1.88. The van der Waals surface area contributed by atoms with E-state index in [4.69, 9.17) is 5.73 Å². The average Bonchev–Trinajstić information content (AvgIpc) is 2.53. The maximum Gasteiger partial charge on any atom is 0.326 e. The van der Waals surface area contributed by atoms with Crippen molar-refractivity contribution in [3.63, 3.8) is 0 Å². The summed E-state index contributed by atoms with van der Waals surface area (Å²) in [4.78, 5) is 27.6. The third-order valence-corrected chi connectivity index (χ3v) is 5.88. The maximum atomic E-state index is 12.5. The molecule has 5 N–H and O–H groups in total. The lowest BCUT2D eigenvalue weighted by atomic mass is 9.83. The monoisotopic (exact) mass is 352 g/mol. The van der Waals surface area contributed by atoms with Crippen molar-refractivity contribution in [2.24, 2.45) is 5.73 Å². The van der Waals surface area contributed by atoms with Gasteiger partial charge in [-0.3, -0.25) is 9.78 Å². The lowest BCUT2D eigenvalue weighted by Crippen LogP contribution is -2.51. The minimum Gasteiger partial charge on any atom is -0.324 e. The summed E-state index contributed by atoms with van der Waals surface area (Å²) in [7, 11) is -3.79. The van der Waals surface area contributed by atoms with Gasteiger partial charge in [-0.1, -0.05) is 19.3 Å². The van der Waals surface area contributed by atoms with Crippen molar-refractivity contribution in [1.29, 1.82) is 0 Å². The Morgan fingerprint density at radius 1 is 1.12 bits per heavy atom. The van der Waals surface area contributed by atoms with Crippen LogP contribution >= 0.6 is 0 Å². The van der Waals surface area contributed by atoms with Crippen LogP contribution in [0.4, 0.5) is 0 Å². The summed E-state index contributed by atoms with van der Waals surface area (Å²) < 4.78 is 27.5. The summed E-state index contributed by atoms with van der Waals surface area (Å²) >= 11 is 0. The number of sulfonamides is 1. The van der Waals surface area contributed by atoms with E-state index in [9.17, 15) is 18.0 Å². The molecule has 1 aliphatic carbocycles. The number of rotatable bonds is 4. The largest absolute Gasteiger partial charge is 0.326 e. The van der Waals surface area contributed by atoms with Gasteiger partial charge in [-0.15, -0.1) is 0 Å². The molecule has 0 saturated heterocycles. The molecule has 0 atom stereocenters. The molecule has 1 fully saturated rings. The molecule has 1 aromatic heterocycles. The molecule has 0 unspecified atom stereocenters. The van der Waals surface area contributed by atoms with E-state index in [0.717, 1.165) is 32.1 Å². The van der Waals surface area contributed by atoms with Crippen molar-refractivity contribution in [2.45, 2.75) is 42.5 Å². The highest BCUT2D eigenvalue weighted by Gasteiger charge is 2.29.